The second-order valence-electron chi connectivity index (χ2n) is 5.27. The smallest absolute Gasteiger partial charge is 0.0136 e. The van der Waals surface area contributed by atoms with Gasteiger partial charge in [-0.1, -0.05) is 55.8 Å². The lowest BCUT2D eigenvalue weighted by Gasteiger charge is -2.22. The van der Waals surface area contributed by atoms with Crippen molar-refractivity contribution < 1.29 is 0 Å². The molecule has 0 saturated heterocycles. The molecule has 0 radical (unpaired) electrons. The number of nitrogens with one attached hydrogen (secondary N) is 1. The Balaban J connectivity index is 2.03. The van der Waals surface area contributed by atoms with E-state index in [9.17, 15) is 0 Å². The van der Waals surface area contributed by atoms with Crippen LogP contribution in [0.25, 0.3) is 10.8 Å². The van der Waals surface area contributed by atoms with E-state index in [4.69, 9.17) is 0 Å². The van der Waals surface area contributed by atoms with Crippen molar-refractivity contribution in [3.63, 3.8) is 0 Å². The van der Waals surface area contributed by atoms with Gasteiger partial charge >= 0.3 is 0 Å². The molecule has 2 unspecified atom stereocenters. The summed E-state index contributed by atoms with van der Waals surface area (Å²) in [5.41, 5.74) is 1.54. The monoisotopic (exact) mass is 239 g/mol. The molecule has 1 N–H and O–H groups in total. The average molecular weight is 239 g/mol. The molecule has 94 valence electrons. The fourth-order valence-corrected chi connectivity index (χ4v) is 3.41. The van der Waals surface area contributed by atoms with Crippen LogP contribution in [0.5, 0.6) is 0 Å². The number of rotatable bonds is 3. The van der Waals surface area contributed by atoms with E-state index < -0.39 is 0 Å². The van der Waals surface area contributed by atoms with Crippen LogP contribution in [-0.4, -0.2) is 12.6 Å². The third kappa shape index (κ3) is 2.04. The summed E-state index contributed by atoms with van der Waals surface area (Å²) in [4.78, 5) is 0. The first kappa shape index (κ1) is 11.7. The van der Waals surface area contributed by atoms with E-state index in [0.29, 0.717) is 12.0 Å². The van der Waals surface area contributed by atoms with Gasteiger partial charge in [-0.3, -0.25) is 0 Å². The third-order valence-electron chi connectivity index (χ3n) is 4.21. The zero-order chi connectivity index (χ0) is 12.4. The van der Waals surface area contributed by atoms with E-state index in [0.717, 1.165) is 6.54 Å². The molecule has 1 aliphatic carbocycles. The van der Waals surface area contributed by atoms with Crippen molar-refractivity contribution in [2.75, 3.05) is 6.54 Å². The topological polar surface area (TPSA) is 12.0 Å². The molecule has 0 aromatic heterocycles. The van der Waals surface area contributed by atoms with E-state index in [1.807, 2.05) is 0 Å². The van der Waals surface area contributed by atoms with Crippen LogP contribution < -0.4 is 5.32 Å². The highest BCUT2D eigenvalue weighted by atomic mass is 14.9. The van der Waals surface area contributed by atoms with Crippen molar-refractivity contribution in [2.24, 2.45) is 0 Å². The Hall–Kier alpha value is -1.34. The Bertz CT molecular complexity index is 527. The van der Waals surface area contributed by atoms with Gasteiger partial charge in [0.1, 0.15) is 0 Å². The molecule has 0 aliphatic heterocycles. The highest BCUT2D eigenvalue weighted by Crippen LogP contribution is 2.37. The van der Waals surface area contributed by atoms with Crippen LogP contribution in [0.3, 0.4) is 0 Å². The van der Waals surface area contributed by atoms with E-state index in [1.165, 1.54) is 35.6 Å². The number of hydrogen-bond acceptors (Lipinski definition) is 1. The predicted molar refractivity (Wildman–Crippen MR) is 78.0 cm³/mol. The second-order valence-corrected chi connectivity index (χ2v) is 5.27. The lowest BCUT2D eigenvalue weighted by atomic mass is 9.90. The molecule has 0 spiro atoms. The molecule has 2 atom stereocenters. The maximum Gasteiger partial charge on any atom is 0.0136 e. The first-order valence-corrected chi connectivity index (χ1v) is 7.11. The van der Waals surface area contributed by atoms with Crippen LogP contribution in [0.15, 0.2) is 42.5 Å². The van der Waals surface area contributed by atoms with Crippen LogP contribution in [0.1, 0.15) is 37.7 Å². The van der Waals surface area contributed by atoms with Crippen molar-refractivity contribution in [2.45, 2.75) is 38.1 Å². The average Bonchev–Trinajstić information content (AvgIpc) is 2.87. The van der Waals surface area contributed by atoms with E-state index in [1.54, 1.807) is 0 Å². The van der Waals surface area contributed by atoms with Crippen LogP contribution in [0.4, 0.5) is 0 Å². The predicted octanol–water partition coefficient (Wildman–Crippen LogP) is 4.09. The van der Waals surface area contributed by atoms with Crippen LogP contribution >= 0.6 is 0 Å². The van der Waals surface area contributed by atoms with Gasteiger partial charge in [-0.2, -0.15) is 0 Å². The summed E-state index contributed by atoms with van der Waals surface area (Å²) in [6.45, 7) is 3.28. The Morgan fingerprint density at radius 3 is 2.78 bits per heavy atom. The van der Waals surface area contributed by atoms with Crippen molar-refractivity contribution in [1.29, 1.82) is 0 Å². The zero-order valence-electron chi connectivity index (χ0n) is 11.0. The molecule has 2 aromatic carbocycles. The van der Waals surface area contributed by atoms with Gasteiger partial charge < -0.3 is 5.32 Å². The molecule has 1 nitrogen and oxygen atoms in total. The molecular formula is C17H21N. The number of fused-ring (bicyclic) bond motifs is 1. The molecule has 0 heterocycles. The van der Waals surface area contributed by atoms with Crippen LogP contribution in [-0.2, 0) is 0 Å². The van der Waals surface area contributed by atoms with Gasteiger partial charge in [0, 0.05) is 6.04 Å². The summed E-state index contributed by atoms with van der Waals surface area (Å²) in [6.07, 6.45) is 4.00. The van der Waals surface area contributed by atoms with Gasteiger partial charge in [0.25, 0.3) is 0 Å². The largest absolute Gasteiger partial charge is 0.314 e. The Morgan fingerprint density at radius 1 is 1.06 bits per heavy atom. The summed E-state index contributed by atoms with van der Waals surface area (Å²) in [5, 5.41) is 6.47. The summed E-state index contributed by atoms with van der Waals surface area (Å²) in [5.74, 6) is 0.691. The molecule has 1 aliphatic rings. The number of benzene rings is 2. The number of likely N-dealkylation sites (N-methyl/N-ethyl adjacent to an activating group) is 1. The summed E-state index contributed by atoms with van der Waals surface area (Å²) in [6, 6.07) is 16.2. The molecule has 0 bridgehead atoms. The maximum atomic E-state index is 3.66. The van der Waals surface area contributed by atoms with Gasteiger partial charge in [-0.15, -0.1) is 0 Å². The molecule has 18 heavy (non-hydrogen) atoms. The third-order valence-corrected chi connectivity index (χ3v) is 4.21. The number of hydrogen-bond donors (Lipinski definition) is 1. The fraction of sp³-hybridized carbons (Fsp3) is 0.412. The Kier molecular flexibility index (Phi) is 3.33. The van der Waals surface area contributed by atoms with E-state index in [-0.39, 0.29) is 0 Å². The zero-order valence-corrected chi connectivity index (χ0v) is 11.0. The second kappa shape index (κ2) is 5.11. The molecule has 3 rings (SSSR count). The summed E-state index contributed by atoms with van der Waals surface area (Å²) in [7, 11) is 0. The van der Waals surface area contributed by atoms with E-state index >= 15 is 0 Å². The standard InChI is InChI=1S/C17H21N/c1-2-18-17-12-6-11-16(17)15-10-5-8-13-7-3-4-9-14(13)15/h3-5,7-10,16-18H,2,6,11-12H2,1H3. The van der Waals surface area contributed by atoms with Gasteiger partial charge in [0.2, 0.25) is 0 Å². The first-order chi connectivity index (χ1) is 8.90. The lowest BCUT2D eigenvalue weighted by Crippen LogP contribution is -2.30. The quantitative estimate of drug-likeness (QED) is 0.850. The van der Waals surface area contributed by atoms with Gasteiger partial charge in [0.15, 0.2) is 0 Å². The van der Waals surface area contributed by atoms with E-state index in [2.05, 4.69) is 54.7 Å². The molecule has 0 amide bonds. The van der Waals surface area contributed by atoms with Crippen LogP contribution in [0.2, 0.25) is 0 Å². The first-order valence-electron chi connectivity index (χ1n) is 7.11. The normalized spacial score (nSPS) is 23.6. The lowest BCUT2D eigenvalue weighted by molar-refractivity contribution is 0.494. The SMILES string of the molecule is CCNC1CCCC1c1cccc2ccccc12. The Labute approximate surface area is 109 Å². The van der Waals surface area contributed by atoms with Crippen molar-refractivity contribution in [3.8, 4) is 0 Å². The molecule has 1 fully saturated rings. The Morgan fingerprint density at radius 2 is 1.89 bits per heavy atom. The molecule has 2 aromatic rings. The van der Waals surface area contributed by atoms with Crippen molar-refractivity contribution in [1.82, 2.24) is 5.32 Å². The van der Waals surface area contributed by atoms with Gasteiger partial charge in [-0.25, -0.2) is 0 Å². The minimum absolute atomic E-state index is 0.667. The molecular weight excluding hydrogens is 218 g/mol. The fourth-order valence-electron chi connectivity index (χ4n) is 3.41. The van der Waals surface area contributed by atoms with Crippen LogP contribution in [0, 0.1) is 0 Å². The summed E-state index contributed by atoms with van der Waals surface area (Å²) < 4.78 is 0. The highest BCUT2D eigenvalue weighted by molar-refractivity contribution is 5.86. The minimum atomic E-state index is 0.667. The summed E-state index contributed by atoms with van der Waals surface area (Å²) >= 11 is 0. The molecule has 1 heteroatoms. The van der Waals surface area contributed by atoms with Gasteiger partial charge in [-0.05, 0) is 41.6 Å². The van der Waals surface area contributed by atoms with Crippen molar-refractivity contribution in [3.05, 3.63) is 48.0 Å². The molecule has 1 saturated carbocycles. The minimum Gasteiger partial charge on any atom is -0.314 e. The van der Waals surface area contributed by atoms with Crippen molar-refractivity contribution >= 4 is 10.8 Å². The maximum absolute atomic E-state index is 3.66. The highest BCUT2D eigenvalue weighted by Gasteiger charge is 2.28. The van der Waals surface area contributed by atoms with Gasteiger partial charge in [0.05, 0.1) is 0 Å².